The van der Waals surface area contributed by atoms with Gasteiger partial charge in [0.2, 0.25) is 0 Å². The number of ether oxygens (including phenoxy) is 2. The second-order valence-electron chi connectivity index (χ2n) is 9.43. The Morgan fingerprint density at radius 3 is 1.14 bits per heavy atom. The maximum Gasteiger partial charge on any atom is 0.460 e. The van der Waals surface area contributed by atoms with Crippen LogP contribution in [-0.4, -0.2) is 105 Å². The van der Waals surface area contributed by atoms with E-state index in [0.717, 1.165) is 21.1 Å². The maximum absolute atomic E-state index is 13.6. The summed E-state index contributed by atoms with van der Waals surface area (Å²) in [5.41, 5.74) is 0. The normalized spacial score (nSPS) is 15.8. The number of rotatable bonds is 14. The average molecular weight is 668 g/mol. The van der Waals surface area contributed by atoms with Crippen molar-refractivity contribution in [3.63, 3.8) is 0 Å². The molecule has 0 radical (unpaired) electrons. The monoisotopic (exact) mass is 668 g/mol. The fourth-order valence-corrected chi connectivity index (χ4v) is 2.69. The van der Waals surface area contributed by atoms with E-state index >= 15 is 0 Å². The van der Waals surface area contributed by atoms with Crippen LogP contribution in [0.3, 0.4) is 0 Å². The summed E-state index contributed by atoms with van der Waals surface area (Å²) in [5.74, 6) is -44.4. The van der Waals surface area contributed by atoms with Gasteiger partial charge >= 0.3 is 59.8 Å². The Morgan fingerprint density at radius 1 is 0.548 bits per heavy atom. The van der Waals surface area contributed by atoms with Gasteiger partial charge in [0.25, 0.3) is 0 Å². The summed E-state index contributed by atoms with van der Waals surface area (Å²) in [4.78, 5) is 24.0. The molecule has 0 bridgehead atoms. The Labute approximate surface area is 223 Å². The second-order valence-corrected chi connectivity index (χ2v) is 9.43. The van der Waals surface area contributed by atoms with Gasteiger partial charge in [0.1, 0.15) is 6.42 Å². The highest BCUT2D eigenvalue weighted by Gasteiger charge is 2.82. The Kier molecular flexibility index (Phi) is 11.3. The van der Waals surface area contributed by atoms with Crippen LogP contribution in [0, 0.1) is 0 Å². The number of likely N-dealkylation sites (N-methyl/N-ethyl adjacent to an activating group) is 1. The minimum absolute atomic E-state index is 0.793. The van der Waals surface area contributed by atoms with Gasteiger partial charge in [-0.3, -0.25) is 4.79 Å². The fraction of sp³-hybridized carbons (Fsp3) is 0.895. The first kappa shape index (κ1) is 39.6. The average Bonchev–Trinajstić information content (AvgIpc) is 2.74. The second kappa shape index (κ2) is 12.0. The number of halogens is 18. The first-order valence-electron chi connectivity index (χ1n) is 10.7. The number of carbonyl (C=O) groups excluding carboxylic acids is 2. The molecule has 0 saturated carbocycles. The minimum Gasteiger partial charge on any atom is -0.465 e. The quantitative estimate of drug-likeness (QED) is 0.125. The third-order valence-corrected chi connectivity index (χ3v) is 5.33. The molecule has 0 heterocycles. The predicted octanol–water partition coefficient (Wildman–Crippen LogP) is 6.25. The molecule has 0 aromatic carbocycles. The lowest BCUT2D eigenvalue weighted by Gasteiger charge is -2.34. The molecule has 250 valence electrons. The Balaban J connectivity index is 5.41. The molecule has 1 atom stereocenters. The van der Waals surface area contributed by atoms with Gasteiger partial charge in [-0.15, -0.1) is 0 Å². The number of hydrogen-bond donors (Lipinski definition) is 0. The molecule has 0 N–H and O–H groups in total. The molecule has 0 saturated heterocycles. The number of nitrogens with zero attached hydrogens (tertiary/aromatic N) is 1. The molecule has 0 aliphatic heterocycles. The van der Waals surface area contributed by atoms with Crippen LogP contribution in [0.25, 0.3) is 0 Å². The summed E-state index contributed by atoms with van der Waals surface area (Å²) < 4.78 is 239. The third kappa shape index (κ3) is 7.97. The zero-order valence-corrected chi connectivity index (χ0v) is 21.0. The van der Waals surface area contributed by atoms with Crippen LogP contribution >= 0.6 is 0 Å². The van der Waals surface area contributed by atoms with Crippen LogP contribution in [0.5, 0.6) is 0 Å². The molecule has 23 heteroatoms. The van der Waals surface area contributed by atoms with Gasteiger partial charge in [0.15, 0.2) is 6.04 Å². The van der Waals surface area contributed by atoms with Crippen LogP contribution in [0.2, 0.25) is 0 Å². The van der Waals surface area contributed by atoms with Crippen LogP contribution < -0.4 is 0 Å². The van der Waals surface area contributed by atoms with E-state index in [0.29, 0.717) is 0 Å². The highest BCUT2D eigenvalue weighted by molar-refractivity contribution is 5.81. The molecule has 0 aromatic heterocycles. The van der Waals surface area contributed by atoms with E-state index in [1.165, 1.54) is 0 Å². The van der Waals surface area contributed by atoms with Gasteiger partial charge in [-0.25, -0.2) is 4.79 Å². The van der Waals surface area contributed by atoms with E-state index in [-0.39, 0.29) is 0 Å². The van der Waals surface area contributed by atoms with Gasteiger partial charge in [-0.2, -0.15) is 79.0 Å². The van der Waals surface area contributed by atoms with E-state index in [4.69, 9.17) is 0 Å². The lowest BCUT2D eigenvalue weighted by atomic mass is 10.0. The summed E-state index contributed by atoms with van der Waals surface area (Å²) in [6.45, 7) is -3.89. The first-order valence-corrected chi connectivity index (χ1v) is 10.7. The molecule has 42 heavy (non-hydrogen) atoms. The number of quaternary nitrogens is 1. The summed E-state index contributed by atoms with van der Waals surface area (Å²) in [5, 5.41) is 0. The van der Waals surface area contributed by atoms with Gasteiger partial charge in [-0.1, -0.05) is 0 Å². The third-order valence-electron chi connectivity index (χ3n) is 5.33. The molecule has 0 amide bonds. The van der Waals surface area contributed by atoms with Crippen molar-refractivity contribution < 1.29 is 103 Å². The van der Waals surface area contributed by atoms with Crippen molar-refractivity contribution in [1.82, 2.24) is 0 Å². The summed E-state index contributed by atoms with van der Waals surface area (Å²) in [6.07, 6.45) is -20.8. The predicted molar refractivity (Wildman–Crippen MR) is 99.4 cm³/mol. The van der Waals surface area contributed by atoms with E-state index in [2.05, 4.69) is 9.47 Å². The molecular weight excluding hydrogens is 648 g/mol. The van der Waals surface area contributed by atoms with Crippen molar-refractivity contribution in [3.8, 4) is 0 Å². The molecular formula is C19H20F18NO4+. The summed E-state index contributed by atoms with van der Waals surface area (Å²) >= 11 is 0. The van der Waals surface area contributed by atoms with Crippen molar-refractivity contribution >= 4 is 11.9 Å². The van der Waals surface area contributed by atoms with Crippen molar-refractivity contribution in [2.24, 2.45) is 0 Å². The molecule has 0 rings (SSSR count). The van der Waals surface area contributed by atoms with Gasteiger partial charge in [0.05, 0.1) is 47.2 Å². The number of alkyl halides is 18. The highest BCUT2D eigenvalue weighted by atomic mass is 19.4. The molecule has 1 unspecified atom stereocenters. The topological polar surface area (TPSA) is 52.6 Å². The number of carbonyl (C=O) groups is 2. The molecule has 0 aliphatic carbocycles. The Morgan fingerprint density at radius 2 is 0.857 bits per heavy atom. The molecule has 0 aliphatic rings. The van der Waals surface area contributed by atoms with Crippen molar-refractivity contribution in [2.75, 3.05) is 34.4 Å². The summed E-state index contributed by atoms with van der Waals surface area (Å²) in [6, 6.07) is -1.99. The molecule has 0 fully saturated rings. The van der Waals surface area contributed by atoms with Gasteiger partial charge in [-0.05, 0) is 0 Å². The van der Waals surface area contributed by atoms with E-state index < -0.39 is 103 Å². The number of esters is 2. The lowest BCUT2D eigenvalue weighted by Crippen LogP contribution is -2.61. The molecule has 5 nitrogen and oxygen atoms in total. The Hall–Kier alpha value is -2.36. The Bertz CT molecular complexity index is 952. The van der Waals surface area contributed by atoms with E-state index in [9.17, 15) is 88.6 Å². The maximum atomic E-state index is 13.6. The molecule has 0 aromatic rings. The minimum atomic E-state index is -7.23. The van der Waals surface area contributed by atoms with Crippen molar-refractivity contribution in [2.45, 2.75) is 73.2 Å². The first-order chi connectivity index (χ1) is 18.1. The van der Waals surface area contributed by atoms with Gasteiger partial charge < -0.3 is 14.0 Å². The smallest absolute Gasteiger partial charge is 0.460 e. The SMILES string of the molecule is C[N+](C)(C)C(CC(=O)OCCC(F)(F)C(F)(F)C(F)(F)C(F)(F)F)C(=O)OCCC(F)(F)C(F)(F)C(F)(F)C(F)(F)F. The van der Waals surface area contributed by atoms with Crippen LogP contribution in [0.4, 0.5) is 79.0 Å². The molecule has 0 spiro atoms. The lowest BCUT2D eigenvalue weighted by molar-refractivity contribution is -0.886. The van der Waals surface area contributed by atoms with E-state index in [1.807, 2.05) is 0 Å². The van der Waals surface area contributed by atoms with Crippen LogP contribution in [-0.2, 0) is 19.1 Å². The number of hydrogen-bond acceptors (Lipinski definition) is 4. The largest absolute Gasteiger partial charge is 0.465 e. The van der Waals surface area contributed by atoms with Gasteiger partial charge in [0, 0.05) is 0 Å². The zero-order chi connectivity index (χ0) is 34.2. The summed E-state index contributed by atoms with van der Waals surface area (Å²) in [7, 11) is 3.08. The standard InChI is InChI=1S/C19H20F18NO4/c1-38(2,3)9(11(40)42-7-5-13(22,23)15(26,27)17(30,31)19(35,36)37)8-10(39)41-6-4-12(20,21)14(24,25)16(28,29)18(32,33)34/h9H,4-8H2,1-3H3/q+1. The highest BCUT2D eigenvalue weighted by Crippen LogP contribution is 2.55. The van der Waals surface area contributed by atoms with Crippen LogP contribution in [0.1, 0.15) is 19.3 Å². The van der Waals surface area contributed by atoms with Crippen molar-refractivity contribution in [1.29, 1.82) is 0 Å². The fourth-order valence-electron chi connectivity index (χ4n) is 2.69. The van der Waals surface area contributed by atoms with E-state index in [1.54, 1.807) is 0 Å². The zero-order valence-electron chi connectivity index (χ0n) is 21.0. The van der Waals surface area contributed by atoms with Crippen molar-refractivity contribution in [3.05, 3.63) is 0 Å². The van der Waals surface area contributed by atoms with Crippen LogP contribution in [0.15, 0.2) is 0 Å².